The van der Waals surface area contributed by atoms with Crippen molar-refractivity contribution in [2.24, 2.45) is 0 Å². The van der Waals surface area contributed by atoms with E-state index in [4.69, 9.17) is 9.47 Å². The van der Waals surface area contributed by atoms with Crippen molar-refractivity contribution in [3.05, 3.63) is 105 Å². The van der Waals surface area contributed by atoms with E-state index in [1.54, 1.807) is 19.2 Å². The van der Waals surface area contributed by atoms with Crippen LogP contribution in [0.1, 0.15) is 34.7 Å². The summed E-state index contributed by atoms with van der Waals surface area (Å²) >= 11 is 3.48. The van der Waals surface area contributed by atoms with Crippen molar-refractivity contribution in [2.45, 2.75) is 26.0 Å². The van der Waals surface area contributed by atoms with Gasteiger partial charge >= 0.3 is 0 Å². The molecule has 0 aliphatic carbocycles. The highest BCUT2D eigenvalue weighted by Crippen LogP contribution is 2.40. The second-order valence-corrected chi connectivity index (χ2v) is 9.56. The fourth-order valence-electron chi connectivity index (χ4n) is 4.39. The third-order valence-electron chi connectivity index (χ3n) is 6.15. The van der Waals surface area contributed by atoms with E-state index in [2.05, 4.69) is 15.9 Å². The molecule has 1 fully saturated rings. The molecule has 0 unspecified atom stereocenters. The lowest BCUT2D eigenvalue weighted by Crippen LogP contribution is -2.31. The number of aliphatic hydroxyl groups excluding tert-OH is 1. The Labute approximate surface area is 219 Å². The molecule has 0 spiro atoms. The summed E-state index contributed by atoms with van der Waals surface area (Å²) < 4.78 is 11.9. The van der Waals surface area contributed by atoms with Gasteiger partial charge in [-0.25, -0.2) is 0 Å². The van der Waals surface area contributed by atoms with Gasteiger partial charge in [0.05, 0.1) is 11.6 Å². The molecular weight excluding hydrogens is 522 g/mol. The molecule has 1 heterocycles. The van der Waals surface area contributed by atoms with Crippen molar-refractivity contribution >= 4 is 33.4 Å². The molecule has 1 aliphatic heterocycles. The molecule has 0 bridgehead atoms. The average Bonchev–Trinajstić information content (AvgIpc) is 3.13. The molecule has 4 rings (SSSR count). The van der Waals surface area contributed by atoms with Crippen LogP contribution in [0.3, 0.4) is 0 Å². The van der Waals surface area contributed by atoms with E-state index in [1.165, 1.54) is 4.90 Å². The molecule has 186 valence electrons. The van der Waals surface area contributed by atoms with Crippen LogP contribution < -0.4 is 4.74 Å². The minimum absolute atomic E-state index is 0.0802. The lowest BCUT2D eigenvalue weighted by atomic mass is 9.94. The normalized spacial score (nSPS) is 17.0. The lowest BCUT2D eigenvalue weighted by molar-refractivity contribution is -0.140. The number of hydrogen-bond donors (Lipinski definition) is 1. The largest absolute Gasteiger partial charge is 0.507 e. The second-order valence-electron chi connectivity index (χ2n) is 8.64. The maximum Gasteiger partial charge on any atom is 0.295 e. The minimum atomic E-state index is -0.701. The van der Waals surface area contributed by atoms with Gasteiger partial charge in [-0.15, -0.1) is 0 Å². The van der Waals surface area contributed by atoms with E-state index in [-0.39, 0.29) is 11.3 Å². The molecular formula is C29H28BrNO5. The fourth-order valence-corrected chi connectivity index (χ4v) is 4.81. The summed E-state index contributed by atoms with van der Waals surface area (Å²) in [6, 6.07) is 21.9. The maximum atomic E-state index is 13.2. The first-order valence-electron chi connectivity index (χ1n) is 11.7. The molecule has 0 aromatic heterocycles. The molecule has 3 aromatic rings. The zero-order chi connectivity index (χ0) is 25.7. The Hall–Kier alpha value is -3.42. The first-order valence-corrected chi connectivity index (χ1v) is 12.5. The number of methoxy groups -OCH3 is 1. The number of aryl methyl sites for hydroxylation is 1. The van der Waals surface area contributed by atoms with E-state index in [0.29, 0.717) is 37.5 Å². The van der Waals surface area contributed by atoms with Gasteiger partial charge in [0.1, 0.15) is 18.1 Å². The lowest BCUT2D eigenvalue weighted by Gasteiger charge is -2.25. The first-order chi connectivity index (χ1) is 17.4. The SMILES string of the molecule is COCCCN1C(=O)C(=O)C(=C(O)c2ccc(OCc3ccccc3)cc2C)[C@H]1c1cccc(Br)c1. The van der Waals surface area contributed by atoms with Gasteiger partial charge in [0.25, 0.3) is 11.7 Å². The Balaban J connectivity index is 1.69. The highest BCUT2D eigenvalue weighted by Gasteiger charge is 2.45. The number of likely N-dealkylation sites (tertiary alicyclic amines) is 1. The first kappa shape index (κ1) is 25.7. The number of benzene rings is 3. The second kappa shape index (κ2) is 11.5. The van der Waals surface area contributed by atoms with Crippen molar-refractivity contribution in [3.8, 4) is 5.75 Å². The van der Waals surface area contributed by atoms with Crippen molar-refractivity contribution in [2.75, 3.05) is 20.3 Å². The van der Waals surface area contributed by atoms with Gasteiger partial charge in [-0.05, 0) is 60.4 Å². The summed E-state index contributed by atoms with van der Waals surface area (Å²) in [4.78, 5) is 27.7. The number of nitrogens with zero attached hydrogens (tertiary/aromatic N) is 1. The van der Waals surface area contributed by atoms with E-state index < -0.39 is 17.7 Å². The number of carbonyl (C=O) groups is 2. The number of rotatable bonds is 9. The van der Waals surface area contributed by atoms with E-state index >= 15 is 0 Å². The summed E-state index contributed by atoms with van der Waals surface area (Å²) in [5, 5.41) is 11.4. The van der Waals surface area contributed by atoms with Crippen LogP contribution in [0.5, 0.6) is 5.75 Å². The number of Topliss-reactive ketones (excluding diaryl/α,β-unsaturated/α-hetero) is 1. The Kier molecular flexibility index (Phi) is 8.23. The highest BCUT2D eigenvalue weighted by atomic mass is 79.9. The number of ketones is 1. The molecule has 1 amide bonds. The van der Waals surface area contributed by atoms with Gasteiger partial charge < -0.3 is 19.5 Å². The van der Waals surface area contributed by atoms with E-state index in [9.17, 15) is 14.7 Å². The predicted octanol–water partition coefficient (Wildman–Crippen LogP) is 5.79. The van der Waals surface area contributed by atoms with E-state index in [1.807, 2.05) is 67.6 Å². The third-order valence-corrected chi connectivity index (χ3v) is 6.65. The molecule has 36 heavy (non-hydrogen) atoms. The van der Waals surface area contributed by atoms with Crippen LogP contribution in [-0.4, -0.2) is 42.0 Å². The van der Waals surface area contributed by atoms with Crippen LogP contribution in [0.2, 0.25) is 0 Å². The Morgan fingerprint density at radius 1 is 1.03 bits per heavy atom. The molecule has 3 aromatic carbocycles. The molecule has 0 radical (unpaired) electrons. The topological polar surface area (TPSA) is 76.1 Å². The zero-order valence-electron chi connectivity index (χ0n) is 20.2. The Bertz CT molecular complexity index is 1290. The summed E-state index contributed by atoms with van der Waals surface area (Å²) in [6.45, 7) is 3.05. The number of hydrogen-bond acceptors (Lipinski definition) is 5. The summed E-state index contributed by atoms with van der Waals surface area (Å²) in [7, 11) is 1.59. The van der Waals surface area contributed by atoms with Gasteiger partial charge in [0, 0.05) is 30.3 Å². The zero-order valence-corrected chi connectivity index (χ0v) is 21.8. The van der Waals surface area contributed by atoms with Crippen LogP contribution in [0.15, 0.2) is 82.8 Å². The van der Waals surface area contributed by atoms with Crippen molar-refractivity contribution in [3.63, 3.8) is 0 Å². The molecule has 0 saturated carbocycles. The van der Waals surface area contributed by atoms with Gasteiger partial charge in [-0.2, -0.15) is 0 Å². The Morgan fingerprint density at radius 3 is 2.50 bits per heavy atom. The molecule has 1 atom stereocenters. The highest BCUT2D eigenvalue weighted by molar-refractivity contribution is 9.10. The third kappa shape index (κ3) is 5.53. The number of carbonyl (C=O) groups excluding carboxylic acids is 2. The quantitative estimate of drug-likeness (QED) is 0.158. The summed E-state index contributed by atoms with van der Waals surface area (Å²) in [6.07, 6.45) is 0.570. The van der Waals surface area contributed by atoms with Gasteiger partial charge in [-0.3, -0.25) is 9.59 Å². The van der Waals surface area contributed by atoms with Gasteiger partial charge in [0.15, 0.2) is 0 Å². The standard InChI is InChI=1S/C29H28BrNO5/c1-19-16-23(36-18-20-8-4-3-5-9-20)12-13-24(19)27(32)25-26(21-10-6-11-22(30)17-21)31(14-7-15-35-2)29(34)28(25)33/h3-6,8-13,16-17,26,32H,7,14-15,18H2,1-2H3/t26-/m1/s1. The van der Waals surface area contributed by atoms with Crippen LogP contribution >= 0.6 is 15.9 Å². The van der Waals surface area contributed by atoms with Crippen molar-refractivity contribution in [1.29, 1.82) is 0 Å². The number of amides is 1. The van der Waals surface area contributed by atoms with Crippen LogP contribution in [-0.2, 0) is 20.9 Å². The smallest absolute Gasteiger partial charge is 0.295 e. The molecule has 1 aliphatic rings. The van der Waals surface area contributed by atoms with Crippen LogP contribution in [0, 0.1) is 6.92 Å². The van der Waals surface area contributed by atoms with Crippen LogP contribution in [0.25, 0.3) is 5.76 Å². The number of ether oxygens (including phenoxy) is 2. The van der Waals surface area contributed by atoms with E-state index in [0.717, 1.165) is 21.2 Å². The van der Waals surface area contributed by atoms with Crippen molar-refractivity contribution in [1.82, 2.24) is 4.90 Å². The maximum absolute atomic E-state index is 13.2. The fraction of sp³-hybridized carbons (Fsp3) is 0.241. The summed E-state index contributed by atoms with van der Waals surface area (Å²) in [5.74, 6) is -0.868. The molecule has 7 heteroatoms. The van der Waals surface area contributed by atoms with Gasteiger partial charge in [-0.1, -0.05) is 58.4 Å². The van der Waals surface area contributed by atoms with Gasteiger partial charge in [0.2, 0.25) is 0 Å². The predicted molar refractivity (Wildman–Crippen MR) is 142 cm³/mol. The molecule has 1 saturated heterocycles. The Morgan fingerprint density at radius 2 is 1.81 bits per heavy atom. The average molecular weight is 550 g/mol. The monoisotopic (exact) mass is 549 g/mol. The minimum Gasteiger partial charge on any atom is -0.507 e. The molecule has 6 nitrogen and oxygen atoms in total. The number of aliphatic hydroxyl groups is 1. The van der Waals surface area contributed by atoms with Crippen molar-refractivity contribution < 1.29 is 24.2 Å². The number of halogens is 1. The molecule has 1 N–H and O–H groups in total. The summed E-state index contributed by atoms with van der Waals surface area (Å²) in [5.41, 5.74) is 3.08. The van der Waals surface area contributed by atoms with Crippen LogP contribution in [0.4, 0.5) is 0 Å².